The van der Waals surface area contributed by atoms with E-state index >= 15 is 0 Å². The molecule has 0 spiro atoms. The molecule has 0 radical (unpaired) electrons. The van der Waals surface area contributed by atoms with E-state index in [4.69, 9.17) is 4.52 Å². The van der Waals surface area contributed by atoms with Gasteiger partial charge in [-0.3, -0.25) is 9.78 Å². The maximum atomic E-state index is 12.0. The van der Waals surface area contributed by atoms with Crippen LogP contribution in [0, 0.1) is 0 Å². The average Bonchev–Trinajstić information content (AvgIpc) is 3.32. The molecule has 3 aromatic heterocycles. The van der Waals surface area contributed by atoms with Crippen molar-refractivity contribution < 1.29 is 9.32 Å². The number of hydrogen-bond donors (Lipinski definition) is 1. The molecule has 0 atom stereocenters. The molecule has 1 N–H and O–H groups in total. The fraction of sp³-hybridized carbons (Fsp3) is 0.167. The van der Waals surface area contributed by atoms with Crippen molar-refractivity contribution in [2.75, 3.05) is 0 Å². The Morgan fingerprint density at radius 2 is 2.00 bits per heavy atom. The summed E-state index contributed by atoms with van der Waals surface area (Å²) in [5, 5.41) is 7.65. The Hall–Kier alpha value is -3.13. The first-order valence-corrected chi connectivity index (χ1v) is 8.95. The Labute approximate surface area is 153 Å². The van der Waals surface area contributed by atoms with Gasteiger partial charge in [0.15, 0.2) is 0 Å². The number of nitrogens with one attached hydrogen (secondary N) is 1. The highest BCUT2D eigenvalue weighted by atomic mass is 32.1. The zero-order valence-electron chi connectivity index (χ0n) is 13.8. The summed E-state index contributed by atoms with van der Waals surface area (Å²) in [5.74, 6) is 0.762. The highest BCUT2D eigenvalue weighted by Crippen LogP contribution is 2.21. The SMILES string of the molecule is O=C(CCc1nc(-c2ccccn2)no1)NCc1nc2ccccc2s1. The Morgan fingerprint density at radius 1 is 1.12 bits per heavy atom. The van der Waals surface area contributed by atoms with E-state index in [0.29, 0.717) is 30.4 Å². The summed E-state index contributed by atoms with van der Waals surface area (Å²) in [4.78, 5) is 25.0. The molecule has 0 aliphatic rings. The number of benzene rings is 1. The standard InChI is InChI=1S/C18H15N5O2S/c24-15(20-11-17-21-12-5-1-2-7-14(12)26-17)8-9-16-22-18(23-25-16)13-6-3-4-10-19-13/h1-7,10H,8-9,11H2,(H,20,24). The lowest BCUT2D eigenvalue weighted by Crippen LogP contribution is -2.22. The largest absolute Gasteiger partial charge is 0.350 e. The van der Waals surface area contributed by atoms with Crippen LogP contribution in [0.1, 0.15) is 17.3 Å². The van der Waals surface area contributed by atoms with Gasteiger partial charge in [0.1, 0.15) is 10.7 Å². The summed E-state index contributed by atoms with van der Waals surface area (Å²) in [6.07, 6.45) is 2.32. The predicted molar refractivity (Wildman–Crippen MR) is 97.3 cm³/mol. The number of pyridine rings is 1. The van der Waals surface area contributed by atoms with Crippen LogP contribution in [0.2, 0.25) is 0 Å². The van der Waals surface area contributed by atoms with Gasteiger partial charge in [-0.1, -0.05) is 23.4 Å². The Balaban J connectivity index is 1.29. The smallest absolute Gasteiger partial charge is 0.227 e. The summed E-state index contributed by atoms with van der Waals surface area (Å²) in [5.41, 5.74) is 1.59. The van der Waals surface area contributed by atoms with E-state index in [-0.39, 0.29) is 12.3 Å². The molecule has 4 aromatic rings. The normalized spacial score (nSPS) is 10.9. The van der Waals surface area contributed by atoms with Crippen molar-refractivity contribution in [3.8, 4) is 11.5 Å². The number of amides is 1. The molecular weight excluding hydrogens is 350 g/mol. The molecule has 0 saturated heterocycles. The molecule has 3 heterocycles. The number of rotatable bonds is 6. The van der Waals surface area contributed by atoms with Crippen molar-refractivity contribution in [2.24, 2.45) is 0 Å². The van der Waals surface area contributed by atoms with Gasteiger partial charge in [0, 0.05) is 19.0 Å². The second-order valence-corrected chi connectivity index (χ2v) is 6.69. The zero-order valence-corrected chi connectivity index (χ0v) is 14.6. The quantitative estimate of drug-likeness (QED) is 0.564. The van der Waals surface area contributed by atoms with Gasteiger partial charge in [-0.05, 0) is 24.3 Å². The maximum Gasteiger partial charge on any atom is 0.227 e. The lowest BCUT2D eigenvalue weighted by molar-refractivity contribution is -0.121. The first-order chi connectivity index (χ1) is 12.8. The molecular formula is C18H15N5O2S. The fourth-order valence-electron chi connectivity index (χ4n) is 2.43. The molecule has 1 amide bonds. The molecule has 8 heteroatoms. The van der Waals surface area contributed by atoms with Crippen LogP contribution in [0.3, 0.4) is 0 Å². The van der Waals surface area contributed by atoms with Crippen molar-refractivity contribution in [3.63, 3.8) is 0 Å². The second-order valence-electron chi connectivity index (χ2n) is 5.58. The number of nitrogens with zero attached hydrogens (tertiary/aromatic N) is 4. The topological polar surface area (TPSA) is 93.8 Å². The fourth-order valence-corrected chi connectivity index (χ4v) is 3.34. The van der Waals surface area contributed by atoms with Gasteiger partial charge in [-0.25, -0.2) is 4.98 Å². The van der Waals surface area contributed by atoms with Crippen molar-refractivity contribution in [2.45, 2.75) is 19.4 Å². The molecule has 0 aliphatic carbocycles. The Morgan fingerprint density at radius 3 is 2.85 bits per heavy atom. The number of hydrogen-bond acceptors (Lipinski definition) is 7. The minimum atomic E-state index is -0.0816. The minimum absolute atomic E-state index is 0.0816. The van der Waals surface area contributed by atoms with Crippen molar-refractivity contribution >= 4 is 27.5 Å². The highest BCUT2D eigenvalue weighted by molar-refractivity contribution is 7.18. The van der Waals surface area contributed by atoms with E-state index in [1.165, 1.54) is 0 Å². The summed E-state index contributed by atoms with van der Waals surface area (Å²) in [6.45, 7) is 0.418. The third-order valence-electron chi connectivity index (χ3n) is 3.70. The third-order valence-corrected chi connectivity index (χ3v) is 4.74. The van der Waals surface area contributed by atoms with Crippen molar-refractivity contribution in [1.82, 2.24) is 25.4 Å². The number of thiazole rings is 1. The molecule has 26 heavy (non-hydrogen) atoms. The molecule has 0 saturated carbocycles. The van der Waals surface area contributed by atoms with E-state index in [9.17, 15) is 4.79 Å². The molecule has 0 bridgehead atoms. The number of carbonyl (C=O) groups is 1. The molecule has 7 nitrogen and oxygen atoms in total. The summed E-state index contributed by atoms with van der Waals surface area (Å²) in [7, 11) is 0. The first kappa shape index (κ1) is 16.3. The lowest BCUT2D eigenvalue weighted by Gasteiger charge is -2.00. The van der Waals surface area contributed by atoms with Crippen LogP contribution in [-0.2, 0) is 17.8 Å². The third kappa shape index (κ3) is 3.75. The van der Waals surface area contributed by atoms with E-state index in [1.54, 1.807) is 23.6 Å². The minimum Gasteiger partial charge on any atom is -0.350 e. The summed E-state index contributed by atoms with van der Waals surface area (Å²) >= 11 is 1.58. The number of para-hydroxylation sites is 1. The molecule has 0 fully saturated rings. The Kier molecular flexibility index (Phi) is 4.65. The average molecular weight is 365 g/mol. The summed E-state index contributed by atoms with van der Waals surface area (Å²) < 4.78 is 6.30. The van der Waals surface area contributed by atoms with Gasteiger partial charge in [0.25, 0.3) is 0 Å². The first-order valence-electron chi connectivity index (χ1n) is 8.13. The zero-order chi connectivity index (χ0) is 17.8. The van der Waals surface area contributed by atoms with Gasteiger partial charge in [0.2, 0.25) is 17.6 Å². The van der Waals surface area contributed by atoms with Gasteiger partial charge in [-0.15, -0.1) is 11.3 Å². The van der Waals surface area contributed by atoms with Crippen LogP contribution in [0.15, 0.2) is 53.2 Å². The number of aromatic nitrogens is 4. The van der Waals surface area contributed by atoms with Crippen LogP contribution in [0.5, 0.6) is 0 Å². The van der Waals surface area contributed by atoms with E-state index in [0.717, 1.165) is 15.2 Å². The number of aryl methyl sites for hydroxylation is 1. The van der Waals surface area contributed by atoms with E-state index in [2.05, 4.69) is 25.4 Å². The molecule has 0 aliphatic heterocycles. The van der Waals surface area contributed by atoms with Gasteiger partial charge >= 0.3 is 0 Å². The molecule has 130 valence electrons. The van der Waals surface area contributed by atoms with Crippen LogP contribution >= 0.6 is 11.3 Å². The van der Waals surface area contributed by atoms with Gasteiger partial charge in [-0.2, -0.15) is 4.98 Å². The Bertz CT molecular complexity index is 995. The lowest BCUT2D eigenvalue weighted by atomic mass is 10.3. The van der Waals surface area contributed by atoms with Gasteiger partial charge < -0.3 is 9.84 Å². The van der Waals surface area contributed by atoms with Crippen LogP contribution in [0.4, 0.5) is 0 Å². The van der Waals surface area contributed by atoms with E-state index < -0.39 is 0 Å². The van der Waals surface area contributed by atoms with E-state index in [1.807, 2.05) is 36.4 Å². The number of fused-ring (bicyclic) bond motifs is 1. The molecule has 4 rings (SSSR count). The van der Waals surface area contributed by atoms with Crippen molar-refractivity contribution in [3.05, 3.63) is 59.6 Å². The van der Waals surface area contributed by atoms with Gasteiger partial charge in [0.05, 0.1) is 16.8 Å². The summed E-state index contributed by atoms with van der Waals surface area (Å²) in [6, 6.07) is 13.4. The predicted octanol–water partition coefficient (Wildman–Crippen LogP) is 2.99. The van der Waals surface area contributed by atoms with Crippen LogP contribution < -0.4 is 5.32 Å². The second kappa shape index (κ2) is 7.40. The molecule has 0 unspecified atom stereocenters. The van der Waals surface area contributed by atoms with Crippen LogP contribution in [-0.4, -0.2) is 26.0 Å². The van der Waals surface area contributed by atoms with Crippen molar-refractivity contribution in [1.29, 1.82) is 0 Å². The monoisotopic (exact) mass is 365 g/mol. The van der Waals surface area contributed by atoms with Crippen LogP contribution in [0.25, 0.3) is 21.7 Å². The maximum absolute atomic E-state index is 12.0. The number of carbonyl (C=O) groups excluding carboxylic acids is 1. The highest BCUT2D eigenvalue weighted by Gasteiger charge is 2.12. The molecule has 1 aromatic carbocycles.